The van der Waals surface area contributed by atoms with Crippen LogP contribution in [-0.2, 0) is 4.79 Å². The van der Waals surface area contributed by atoms with Gasteiger partial charge in [0.05, 0.1) is 0 Å². The van der Waals surface area contributed by atoms with Gasteiger partial charge in [-0.15, -0.1) is 0 Å². The van der Waals surface area contributed by atoms with E-state index >= 15 is 0 Å². The van der Waals surface area contributed by atoms with E-state index in [1.165, 1.54) is 32.1 Å². The SMILES string of the molecule is CCCC(CCN)CCC(=O)C1CCC(CC)CC1. The molecule has 1 saturated carbocycles. The van der Waals surface area contributed by atoms with E-state index in [2.05, 4.69) is 13.8 Å². The molecule has 0 heterocycles. The van der Waals surface area contributed by atoms with Crippen LogP contribution >= 0.6 is 0 Å². The highest BCUT2D eigenvalue weighted by molar-refractivity contribution is 5.81. The Hall–Kier alpha value is -0.370. The number of Topliss-reactive ketones (excluding diaryl/α,β-unsaturated/α-hetero) is 1. The van der Waals surface area contributed by atoms with E-state index in [1.807, 2.05) is 0 Å². The van der Waals surface area contributed by atoms with Gasteiger partial charge in [0.25, 0.3) is 0 Å². The lowest BCUT2D eigenvalue weighted by atomic mass is 9.77. The summed E-state index contributed by atoms with van der Waals surface area (Å²) in [6.07, 6.45) is 11.5. The van der Waals surface area contributed by atoms with E-state index in [9.17, 15) is 4.79 Å². The minimum absolute atomic E-state index is 0.378. The summed E-state index contributed by atoms with van der Waals surface area (Å²) in [4.78, 5) is 12.3. The largest absolute Gasteiger partial charge is 0.330 e. The number of carbonyl (C=O) groups is 1. The molecule has 0 amide bonds. The molecule has 1 atom stereocenters. The average Bonchev–Trinajstić information content (AvgIpc) is 2.45. The van der Waals surface area contributed by atoms with Crippen molar-refractivity contribution in [2.24, 2.45) is 23.5 Å². The van der Waals surface area contributed by atoms with Crippen molar-refractivity contribution in [3.05, 3.63) is 0 Å². The second-order valence-corrected chi connectivity index (χ2v) is 6.36. The Balaban J connectivity index is 2.26. The number of carbonyl (C=O) groups excluding carboxylic acids is 1. The number of hydrogen-bond acceptors (Lipinski definition) is 2. The third-order valence-electron chi connectivity index (χ3n) is 4.95. The quantitative estimate of drug-likeness (QED) is 0.676. The number of nitrogens with two attached hydrogens (primary N) is 1. The van der Waals surface area contributed by atoms with Gasteiger partial charge >= 0.3 is 0 Å². The van der Waals surface area contributed by atoms with E-state index in [1.54, 1.807) is 0 Å². The van der Waals surface area contributed by atoms with Crippen molar-refractivity contribution in [2.45, 2.75) is 78.1 Å². The molecule has 2 heteroatoms. The third kappa shape index (κ3) is 6.07. The molecular formula is C17H33NO. The van der Waals surface area contributed by atoms with Crippen molar-refractivity contribution in [1.29, 1.82) is 0 Å². The Morgan fingerprint density at radius 1 is 1.11 bits per heavy atom. The first-order valence-corrected chi connectivity index (χ1v) is 8.43. The van der Waals surface area contributed by atoms with Gasteiger partial charge in [0.1, 0.15) is 5.78 Å². The van der Waals surface area contributed by atoms with E-state index < -0.39 is 0 Å². The summed E-state index contributed by atoms with van der Waals surface area (Å²) in [6.45, 7) is 5.26. The normalized spacial score (nSPS) is 25.2. The second-order valence-electron chi connectivity index (χ2n) is 6.36. The minimum Gasteiger partial charge on any atom is -0.330 e. The molecule has 0 radical (unpaired) electrons. The zero-order valence-corrected chi connectivity index (χ0v) is 13.0. The van der Waals surface area contributed by atoms with Crippen LogP contribution in [0.1, 0.15) is 78.1 Å². The maximum Gasteiger partial charge on any atom is 0.135 e. The lowest BCUT2D eigenvalue weighted by Crippen LogP contribution is -2.22. The first-order chi connectivity index (χ1) is 9.21. The zero-order chi connectivity index (χ0) is 14.1. The lowest BCUT2D eigenvalue weighted by Gasteiger charge is -2.27. The second kappa shape index (κ2) is 9.52. The predicted octanol–water partition coefficient (Wildman–Crippen LogP) is 4.32. The molecule has 1 unspecified atom stereocenters. The topological polar surface area (TPSA) is 43.1 Å². The Kier molecular flexibility index (Phi) is 8.36. The van der Waals surface area contributed by atoms with Crippen molar-refractivity contribution in [2.75, 3.05) is 6.54 Å². The molecule has 2 nitrogen and oxygen atoms in total. The van der Waals surface area contributed by atoms with Gasteiger partial charge in [-0.25, -0.2) is 0 Å². The van der Waals surface area contributed by atoms with E-state index in [0.717, 1.165) is 44.6 Å². The van der Waals surface area contributed by atoms with Gasteiger partial charge in [-0.3, -0.25) is 4.79 Å². The summed E-state index contributed by atoms with van der Waals surface area (Å²) in [7, 11) is 0. The van der Waals surface area contributed by atoms with Crippen LogP contribution in [0.15, 0.2) is 0 Å². The summed E-state index contributed by atoms with van der Waals surface area (Å²) >= 11 is 0. The Labute approximate surface area is 119 Å². The summed E-state index contributed by atoms with van der Waals surface area (Å²) in [5, 5.41) is 0. The van der Waals surface area contributed by atoms with Crippen molar-refractivity contribution < 1.29 is 4.79 Å². The smallest absolute Gasteiger partial charge is 0.135 e. The fourth-order valence-electron chi connectivity index (χ4n) is 3.52. The molecule has 0 spiro atoms. The third-order valence-corrected chi connectivity index (χ3v) is 4.95. The molecule has 1 fully saturated rings. The minimum atomic E-state index is 0.378. The van der Waals surface area contributed by atoms with Crippen molar-refractivity contribution in [3.63, 3.8) is 0 Å². The molecule has 19 heavy (non-hydrogen) atoms. The summed E-state index contributed by atoms with van der Waals surface area (Å²) in [6, 6.07) is 0. The van der Waals surface area contributed by atoms with Crippen LogP contribution in [0.5, 0.6) is 0 Å². The van der Waals surface area contributed by atoms with Crippen LogP contribution in [0.2, 0.25) is 0 Å². The highest BCUT2D eigenvalue weighted by Gasteiger charge is 2.25. The molecule has 0 bridgehead atoms. The van der Waals surface area contributed by atoms with Gasteiger partial charge in [0.2, 0.25) is 0 Å². The van der Waals surface area contributed by atoms with Crippen LogP contribution in [0.25, 0.3) is 0 Å². The maximum absolute atomic E-state index is 12.3. The number of ketones is 1. The molecule has 1 aliphatic rings. The van der Waals surface area contributed by atoms with Crippen LogP contribution in [0.3, 0.4) is 0 Å². The molecule has 0 aromatic rings. The van der Waals surface area contributed by atoms with Gasteiger partial charge in [0, 0.05) is 12.3 Å². The fourth-order valence-corrected chi connectivity index (χ4v) is 3.52. The van der Waals surface area contributed by atoms with Gasteiger partial charge in [-0.05, 0) is 56.9 Å². The Morgan fingerprint density at radius 2 is 1.79 bits per heavy atom. The maximum atomic E-state index is 12.3. The van der Waals surface area contributed by atoms with Gasteiger partial charge in [-0.1, -0.05) is 33.1 Å². The molecule has 1 aliphatic carbocycles. The lowest BCUT2D eigenvalue weighted by molar-refractivity contribution is -0.124. The number of hydrogen-bond donors (Lipinski definition) is 1. The van der Waals surface area contributed by atoms with E-state index in [0.29, 0.717) is 17.6 Å². The highest BCUT2D eigenvalue weighted by Crippen LogP contribution is 2.32. The van der Waals surface area contributed by atoms with Crippen LogP contribution < -0.4 is 5.73 Å². The average molecular weight is 267 g/mol. The summed E-state index contributed by atoms with van der Waals surface area (Å²) in [5.41, 5.74) is 5.65. The molecule has 2 N–H and O–H groups in total. The van der Waals surface area contributed by atoms with Gasteiger partial charge in [-0.2, -0.15) is 0 Å². The van der Waals surface area contributed by atoms with Crippen molar-refractivity contribution >= 4 is 5.78 Å². The predicted molar refractivity (Wildman–Crippen MR) is 82.0 cm³/mol. The van der Waals surface area contributed by atoms with Crippen molar-refractivity contribution in [3.8, 4) is 0 Å². The monoisotopic (exact) mass is 267 g/mol. The first kappa shape index (κ1) is 16.7. The summed E-state index contributed by atoms with van der Waals surface area (Å²) in [5.74, 6) is 2.47. The molecular weight excluding hydrogens is 234 g/mol. The Bertz CT molecular complexity index is 238. The molecule has 0 aromatic carbocycles. The van der Waals surface area contributed by atoms with E-state index in [-0.39, 0.29) is 0 Å². The van der Waals surface area contributed by atoms with Gasteiger partial charge in [0.15, 0.2) is 0 Å². The molecule has 112 valence electrons. The number of rotatable bonds is 9. The van der Waals surface area contributed by atoms with Crippen LogP contribution in [-0.4, -0.2) is 12.3 Å². The van der Waals surface area contributed by atoms with E-state index in [4.69, 9.17) is 5.73 Å². The molecule has 0 aromatic heterocycles. The fraction of sp³-hybridized carbons (Fsp3) is 0.941. The van der Waals surface area contributed by atoms with Gasteiger partial charge < -0.3 is 5.73 Å². The Morgan fingerprint density at radius 3 is 2.32 bits per heavy atom. The zero-order valence-electron chi connectivity index (χ0n) is 13.0. The first-order valence-electron chi connectivity index (χ1n) is 8.43. The molecule has 0 aliphatic heterocycles. The summed E-state index contributed by atoms with van der Waals surface area (Å²) < 4.78 is 0. The van der Waals surface area contributed by atoms with Crippen molar-refractivity contribution in [1.82, 2.24) is 0 Å². The van der Waals surface area contributed by atoms with Crippen LogP contribution in [0, 0.1) is 17.8 Å². The standard InChI is InChI=1S/C17H33NO/c1-3-5-15(12-13-18)8-11-17(19)16-9-6-14(4-2)7-10-16/h14-16H,3-13,18H2,1-2H3. The highest BCUT2D eigenvalue weighted by atomic mass is 16.1. The molecule has 0 saturated heterocycles. The van der Waals surface area contributed by atoms with Crippen LogP contribution in [0.4, 0.5) is 0 Å². The molecule has 1 rings (SSSR count).